The second kappa shape index (κ2) is 3.65. The molecular formula is C13H16N2O2. The first-order chi connectivity index (χ1) is 8.21. The molecule has 0 aliphatic carbocycles. The summed E-state index contributed by atoms with van der Waals surface area (Å²) < 4.78 is 0. The number of piperidine rings is 1. The van der Waals surface area contributed by atoms with Crippen molar-refractivity contribution in [3.63, 3.8) is 0 Å². The van der Waals surface area contributed by atoms with Crippen LogP contribution in [0.3, 0.4) is 0 Å². The van der Waals surface area contributed by atoms with Crippen LogP contribution in [0.2, 0.25) is 0 Å². The Labute approximate surface area is 100 Å². The van der Waals surface area contributed by atoms with Crippen molar-refractivity contribution in [1.82, 2.24) is 4.90 Å². The fourth-order valence-corrected chi connectivity index (χ4v) is 3.03. The van der Waals surface area contributed by atoms with Crippen LogP contribution in [0.1, 0.15) is 18.4 Å². The van der Waals surface area contributed by atoms with Gasteiger partial charge in [-0.15, -0.1) is 0 Å². The van der Waals surface area contributed by atoms with Crippen molar-refractivity contribution in [2.24, 2.45) is 0 Å². The molecule has 4 heteroatoms. The number of hydrogen-bond donors (Lipinski definition) is 2. The van der Waals surface area contributed by atoms with E-state index in [1.807, 2.05) is 6.07 Å². The molecule has 0 radical (unpaired) electrons. The number of amides is 1. The zero-order chi connectivity index (χ0) is 11.9. The molecule has 1 aromatic carbocycles. The van der Waals surface area contributed by atoms with Gasteiger partial charge in [0.2, 0.25) is 0 Å². The Morgan fingerprint density at radius 2 is 2.00 bits per heavy atom. The number of hydrogen-bond acceptors (Lipinski definition) is 2. The number of carbonyl (C=O) groups is 1. The van der Waals surface area contributed by atoms with E-state index < -0.39 is 6.09 Å². The van der Waals surface area contributed by atoms with E-state index in [0.29, 0.717) is 13.1 Å². The molecule has 2 heterocycles. The molecular weight excluding hydrogens is 216 g/mol. The number of nitrogens with one attached hydrogen (secondary N) is 1. The number of carboxylic acid groups (broad SMARTS) is 1. The van der Waals surface area contributed by atoms with Gasteiger partial charge in [0, 0.05) is 30.7 Å². The molecule has 0 bridgehead atoms. The third-order valence-electron chi connectivity index (χ3n) is 4.11. The van der Waals surface area contributed by atoms with E-state index in [1.54, 1.807) is 0 Å². The van der Waals surface area contributed by atoms with E-state index in [9.17, 15) is 4.79 Å². The molecule has 0 atom stereocenters. The zero-order valence-electron chi connectivity index (χ0n) is 9.65. The minimum absolute atomic E-state index is 0.155. The van der Waals surface area contributed by atoms with Crippen LogP contribution in [0.5, 0.6) is 0 Å². The highest BCUT2D eigenvalue weighted by Crippen LogP contribution is 2.43. The van der Waals surface area contributed by atoms with Gasteiger partial charge < -0.3 is 15.3 Å². The number of para-hydroxylation sites is 1. The van der Waals surface area contributed by atoms with Crippen molar-refractivity contribution in [2.75, 3.05) is 25.0 Å². The number of nitrogens with zero attached hydrogens (tertiary/aromatic N) is 1. The molecule has 1 saturated heterocycles. The summed E-state index contributed by atoms with van der Waals surface area (Å²) >= 11 is 0. The molecule has 2 N–H and O–H groups in total. The van der Waals surface area contributed by atoms with E-state index in [1.165, 1.54) is 16.2 Å². The normalized spacial score (nSPS) is 21.1. The van der Waals surface area contributed by atoms with Crippen molar-refractivity contribution in [1.29, 1.82) is 0 Å². The molecule has 2 aliphatic heterocycles. The van der Waals surface area contributed by atoms with Crippen molar-refractivity contribution in [2.45, 2.75) is 18.3 Å². The van der Waals surface area contributed by atoms with Crippen LogP contribution in [-0.2, 0) is 5.41 Å². The largest absolute Gasteiger partial charge is 0.465 e. The third kappa shape index (κ3) is 1.55. The van der Waals surface area contributed by atoms with Gasteiger partial charge >= 0.3 is 6.09 Å². The van der Waals surface area contributed by atoms with Crippen LogP contribution >= 0.6 is 0 Å². The predicted octanol–water partition coefficient (Wildman–Crippen LogP) is 2.12. The molecule has 0 saturated carbocycles. The Morgan fingerprint density at radius 3 is 2.71 bits per heavy atom. The summed E-state index contributed by atoms with van der Waals surface area (Å²) in [5.41, 5.74) is 2.74. The fraction of sp³-hybridized carbons (Fsp3) is 0.462. The first-order valence-electron chi connectivity index (χ1n) is 6.03. The van der Waals surface area contributed by atoms with Crippen LogP contribution < -0.4 is 5.32 Å². The van der Waals surface area contributed by atoms with Gasteiger partial charge in [-0.25, -0.2) is 4.79 Å². The van der Waals surface area contributed by atoms with Gasteiger partial charge in [0.15, 0.2) is 0 Å². The summed E-state index contributed by atoms with van der Waals surface area (Å²) in [5, 5.41) is 12.4. The molecule has 3 rings (SSSR count). The molecule has 1 aromatic rings. The van der Waals surface area contributed by atoms with Crippen LogP contribution in [0.4, 0.5) is 10.5 Å². The third-order valence-corrected chi connectivity index (χ3v) is 4.11. The van der Waals surface area contributed by atoms with E-state index >= 15 is 0 Å². The van der Waals surface area contributed by atoms with Crippen molar-refractivity contribution in [3.8, 4) is 0 Å². The lowest BCUT2D eigenvalue weighted by molar-refractivity contribution is 0.119. The average molecular weight is 232 g/mol. The van der Waals surface area contributed by atoms with E-state index in [4.69, 9.17) is 5.11 Å². The van der Waals surface area contributed by atoms with Gasteiger partial charge in [0.25, 0.3) is 0 Å². The minimum Gasteiger partial charge on any atom is -0.465 e. The first-order valence-corrected chi connectivity index (χ1v) is 6.03. The fourth-order valence-electron chi connectivity index (χ4n) is 3.03. The molecule has 90 valence electrons. The Kier molecular flexibility index (Phi) is 2.24. The second-order valence-corrected chi connectivity index (χ2v) is 4.95. The Hall–Kier alpha value is -1.71. The number of rotatable bonds is 0. The maximum atomic E-state index is 10.9. The molecule has 17 heavy (non-hydrogen) atoms. The van der Waals surface area contributed by atoms with E-state index in [2.05, 4.69) is 23.5 Å². The lowest BCUT2D eigenvalue weighted by Crippen LogP contribution is -2.45. The standard InChI is InChI=1S/C13H16N2O2/c16-12(17)15-7-5-13(6-8-15)9-14-11-4-2-1-3-10(11)13/h1-4,14H,5-9H2,(H,16,17). The summed E-state index contributed by atoms with van der Waals surface area (Å²) in [4.78, 5) is 12.4. The lowest BCUT2D eigenvalue weighted by Gasteiger charge is -2.38. The highest BCUT2D eigenvalue weighted by molar-refractivity contribution is 5.66. The number of likely N-dealkylation sites (tertiary alicyclic amines) is 1. The van der Waals surface area contributed by atoms with Gasteiger partial charge in [-0.1, -0.05) is 18.2 Å². The molecule has 0 aromatic heterocycles. The minimum atomic E-state index is -0.793. The lowest BCUT2D eigenvalue weighted by atomic mass is 9.74. The summed E-state index contributed by atoms with van der Waals surface area (Å²) in [5.74, 6) is 0. The van der Waals surface area contributed by atoms with Crippen LogP contribution in [0, 0.1) is 0 Å². The summed E-state index contributed by atoms with van der Waals surface area (Å²) in [6, 6.07) is 8.38. The predicted molar refractivity (Wildman–Crippen MR) is 65.4 cm³/mol. The van der Waals surface area contributed by atoms with Crippen LogP contribution in [0.15, 0.2) is 24.3 Å². The number of fused-ring (bicyclic) bond motifs is 2. The maximum Gasteiger partial charge on any atom is 0.407 e. The number of anilines is 1. The molecule has 4 nitrogen and oxygen atoms in total. The quantitative estimate of drug-likeness (QED) is 0.720. The summed E-state index contributed by atoms with van der Waals surface area (Å²) in [7, 11) is 0. The highest BCUT2D eigenvalue weighted by atomic mass is 16.4. The molecule has 2 aliphatic rings. The average Bonchev–Trinajstić information content (AvgIpc) is 2.70. The maximum absolute atomic E-state index is 10.9. The monoisotopic (exact) mass is 232 g/mol. The Balaban J connectivity index is 1.85. The molecule has 1 amide bonds. The topological polar surface area (TPSA) is 52.6 Å². The smallest absolute Gasteiger partial charge is 0.407 e. The molecule has 1 spiro atoms. The highest BCUT2D eigenvalue weighted by Gasteiger charge is 2.41. The van der Waals surface area contributed by atoms with Gasteiger partial charge in [0.05, 0.1) is 0 Å². The van der Waals surface area contributed by atoms with E-state index in [-0.39, 0.29) is 5.41 Å². The van der Waals surface area contributed by atoms with Crippen LogP contribution in [0.25, 0.3) is 0 Å². The SMILES string of the molecule is O=C(O)N1CCC2(CC1)CNc1ccccc12. The van der Waals surface area contributed by atoms with Gasteiger partial charge in [-0.05, 0) is 24.5 Å². The van der Waals surface area contributed by atoms with Gasteiger partial charge in [-0.2, -0.15) is 0 Å². The van der Waals surface area contributed by atoms with Gasteiger partial charge in [-0.3, -0.25) is 0 Å². The van der Waals surface area contributed by atoms with Crippen molar-refractivity contribution >= 4 is 11.8 Å². The van der Waals surface area contributed by atoms with Gasteiger partial charge in [0.1, 0.15) is 0 Å². The Bertz CT molecular complexity index is 450. The van der Waals surface area contributed by atoms with Crippen molar-refractivity contribution in [3.05, 3.63) is 29.8 Å². The zero-order valence-corrected chi connectivity index (χ0v) is 9.65. The first kappa shape index (κ1) is 10.4. The van der Waals surface area contributed by atoms with Crippen LogP contribution in [-0.4, -0.2) is 35.7 Å². The molecule has 1 fully saturated rings. The number of benzene rings is 1. The second-order valence-electron chi connectivity index (χ2n) is 4.95. The molecule has 0 unspecified atom stereocenters. The summed E-state index contributed by atoms with van der Waals surface area (Å²) in [6.07, 6.45) is 1.05. The van der Waals surface area contributed by atoms with Crippen molar-refractivity contribution < 1.29 is 9.90 Å². The summed E-state index contributed by atoms with van der Waals surface area (Å²) in [6.45, 7) is 2.23. The Morgan fingerprint density at radius 1 is 1.29 bits per heavy atom. The van der Waals surface area contributed by atoms with E-state index in [0.717, 1.165) is 19.4 Å².